The van der Waals surface area contributed by atoms with Crippen LogP contribution in [-0.4, -0.2) is 94.1 Å². The number of hydrogen-bond donors (Lipinski definition) is 1. The number of rotatable bonds is 9. The number of carbonyl (C=O) groups excluding carboxylic acids is 3. The average Bonchev–Trinajstić information content (AvgIpc) is 3.25. The summed E-state index contributed by atoms with van der Waals surface area (Å²) in [6.45, 7) is 5.90. The molecule has 0 saturated carbocycles. The minimum absolute atomic E-state index is 0.103. The largest absolute Gasteiger partial charge is 0.394 e. The number of benzene rings is 1. The molecule has 1 aromatic carbocycles. The van der Waals surface area contributed by atoms with E-state index in [1.807, 2.05) is 61.6 Å². The maximum atomic E-state index is 14.4. The Kier molecular flexibility index (Phi) is 7.73. The van der Waals surface area contributed by atoms with Crippen LogP contribution in [0, 0.1) is 11.8 Å². The summed E-state index contributed by atoms with van der Waals surface area (Å²) >= 11 is 0. The van der Waals surface area contributed by atoms with Crippen LogP contribution < -0.4 is 0 Å². The molecule has 38 heavy (non-hydrogen) atoms. The normalized spacial score (nSPS) is 31.2. The van der Waals surface area contributed by atoms with Gasteiger partial charge in [0, 0.05) is 26.2 Å². The van der Waals surface area contributed by atoms with Gasteiger partial charge in [-0.05, 0) is 24.8 Å². The Hall–Kier alpha value is -2.97. The van der Waals surface area contributed by atoms with Crippen LogP contribution in [0.4, 0.5) is 0 Å². The zero-order valence-corrected chi connectivity index (χ0v) is 22.4. The van der Waals surface area contributed by atoms with Crippen molar-refractivity contribution in [1.82, 2.24) is 14.7 Å². The zero-order valence-electron chi connectivity index (χ0n) is 22.4. The number of aliphatic hydroxyl groups is 1. The minimum Gasteiger partial charge on any atom is -0.394 e. The molecule has 1 N–H and O–H groups in total. The standard InChI is InChI=1S/C30H39N3O5/c1-3-5-16-32-18-10-14-30-25(24-23(38-30)13-9-17-31(15-4-2)27(24)35)28(36)33(26(30)29(32)37)22(20-34)19-21-11-7-6-8-12-21/h6-14,22-26,34H,3-5,15-20H2,1-2H3/t22-,23-,24+,25+,26?,30+/m1/s1. The van der Waals surface area contributed by atoms with Gasteiger partial charge < -0.3 is 24.5 Å². The molecule has 204 valence electrons. The van der Waals surface area contributed by atoms with Gasteiger partial charge in [-0.15, -0.1) is 0 Å². The molecule has 1 spiro atoms. The van der Waals surface area contributed by atoms with Crippen LogP contribution in [0.2, 0.25) is 0 Å². The van der Waals surface area contributed by atoms with Gasteiger partial charge in [0.15, 0.2) is 0 Å². The number of likely N-dealkylation sites (tertiary alicyclic amines) is 1. The fourth-order valence-electron chi connectivity index (χ4n) is 6.73. The van der Waals surface area contributed by atoms with E-state index in [2.05, 4.69) is 6.92 Å². The van der Waals surface area contributed by atoms with E-state index in [4.69, 9.17) is 4.74 Å². The Morgan fingerprint density at radius 3 is 2.42 bits per heavy atom. The highest BCUT2D eigenvalue weighted by molar-refractivity contribution is 6.00. The topological polar surface area (TPSA) is 90.4 Å². The van der Waals surface area contributed by atoms with E-state index in [1.165, 1.54) is 0 Å². The summed E-state index contributed by atoms with van der Waals surface area (Å²) in [5.74, 6) is -2.11. The molecule has 3 amide bonds. The quantitative estimate of drug-likeness (QED) is 0.503. The first-order valence-electron chi connectivity index (χ1n) is 14.0. The van der Waals surface area contributed by atoms with Gasteiger partial charge in [-0.25, -0.2) is 0 Å². The number of carbonyl (C=O) groups is 3. The predicted molar refractivity (Wildman–Crippen MR) is 143 cm³/mol. The highest BCUT2D eigenvalue weighted by Gasteiger charge is 2.72. The number of amides is 3. The van der Waals surface area contributed by atoms with Gasteiger partial charge in [-0.3, -0.25) is 14.4 Å². The fourth-order valence-corrected chi connectivity index (χ4v) is 6.73. The molecule has 1 unspecified atom stereocenters. The molecule has 4 aliphatic rings. The molecule has 0 bridgehead atoms. The lowest BCUT2D eigenvalue weighted by atomic mass is 9.77. The first kappa shape index (κ1) is 26.6. The first-order valence-corrected chi connectivity index (χ1v) is 14.0. The lowest BCUT2D eigenvalue weighted by Gasteiger charge is -2.38. The van der Waals surface area contributed by atoms with E-state index in [0.29, 0.717) is 32.6 Å². The molecule has 8 heteroatoms. The van der Waals surface area contributed by atoms with E-state index in [0.717, 1.165) is 24.8 Å². The van der Waals surface area contributed by atoms with Crippen LogP contribution >= 0.6 is 0 Å². The summed E-state index contributed by atoms with van der Waals surface area (Å²) in [5, 5.41) is 10.6. The van der Waals surface area contributed by atoms with E-state index in [-0.39, 0.29) is 24.3 Å². The third-order valence-corrected chi connectivity index (χ3v) is 8.46. The third-order valence-electron chi connectivity index (χ3n) is 8.46. The lowest BCUT2D eigenvalue weighted by molar-refractivity contribution is -0.151. The van der Waals surface area contributed by atoms with Crippen molar-refractivity contribution in [2.45, 2.75) is 63.3 Å². The summed E-state index contributed by atoms with van der Waals surface area (Å²) in [5.41, 5.74) is -0.296. The fraction of sp³-hybridized carbons (Fsp3) is 0.567. The second-order valence-electron chi connectivity index (χ2n) is 10.9. The van der Waals surface area contributed by atoms with Crippen molar-refractivity contribution in [2.75, 3.05) is 32.8 Å². The predicted octanol–water partition coefficient (Wildman–Crippen LogP) is 2.18. The van der Waals surface area contributed by atoms with Crippen LogP contribution in [0.25, 0.3) is 0 Å². The van der Waals surface area contributed by atoms with Crippen LogP contribution in [0.15, 0.2) is 54.6 Å². The molecule has 8 nitrogen and oxygen atoms in total. The Balaban J connectivity index is 1.59. The second kappa shape index (κ2) is 11.0. The maximum Gasteiger partial charge on any atom is 0.249 e. The molecule has 0 radical (unpaired) electrons. The van der Waals surface area contributed by atoms with Crippen molar-refractivity contribution >= 4 is 17.7 Å². The summed E-state index contributed by atoms with van der Waals surface area (Å²) in [7, 11) is 0. The van der Waals surface area contributed by atoms with Crippen molar-refractivity contribution in [3.8, 4) is 0 Å². The molecular weight excluding hydrogens is 482 g/mol. The van der Waals surface area contributed by atoms with Gasteiger partial charge in [0.25, 0.3) is 0 Å². The molecular formula is C30H39N3O5. The number of fused-ring (bicyclic) bond motifs is 2. The maximum absolute atomic E-state index is 14.4. The summed E-state index contributed by atoms with van der Waals surface area (Å²) < 4.78 is 6.69. The van der Waals surface area contributed by atoms with Gasteiger partial charge in [-0.1, -0.05) is 74.9 Å². The molecule has 2 saturated heterocycles. The van der Waals surface area contributed by atoms with Gasteiger partial charge in [0.05, 0.1) is 30.6 Å². The number of unbranched alkanes of at least 4 members (excludes halogenated alkanes) is 1. The van der Waals surface area contributed by atoms with Gasteiger partial charge in [-0.2, -0.15) is 0 Å². The molecule has 4 heterocycles. The first-order chi connectivity index (χ1) is 18.5. The van der Waals surface area contributed by atoms with Crippen molar-refractivity contribution in [1.29, 1.82) is 0 Å². The van der Waals surface area contributed by atoms with Crippen LogP contribution in [-0.2, 0) is 25.5 Å². The average molecular weight is 522 g/mol. The minimum atomic E-state index is -1.26. The lowest BCUT2D eigenvalue weighted by Crippen LogP contribution is -2.58. The smallest absolute Gasteiger partial charge is 0.249 e. The van der Waals surface area contributed by atoms with Crippen molar-refractivity contribution < 1.29 is 24.2 Å². The summed E-state index contributed by atoms with van der Waals surface area (Å²) in [6, 6.07) is 8.11. The summed E-state index contributed by atoms with van der Waals surface area (Å²) in [6.07, 6.45) is 10.1. The SMILES string of the molecule is CCCCN1CC=C[C@]23O[C@@H]4C=CCN(CCC)C(=O)[C@@H]4[C@H]2C(=O)N([C@@H](CO)Cc2ccccc2)C3C1=O. The van der Waals surface area contributed by atoms with Crippen LogP contribution in [0.5, 0.6) is 0 Å². The van der Waals surface area contributed by atoms with Crippen molar-refractivity contribution in [2.24, 2.45) is 11.8 Å². The molecule has 0 aliphatic carbocycles. The number of nitrogens with zero attached hydrogens (tertiary/aromatic N) is 3. The van der Waals surface area contributed by atoms with Gasteiger partial charge in [0.1, 0.15) is 11.6 Å². The molecule has 6 atom stereocenters. The second-order valence-corrected chi connectivity index (χ2v) is 10.9. The Bertz CT molecular complexity index is 1100. The third kappa shape index (κ3) is 4.37. The molecule has 5 rings (SSSR count). The number of hydrogen-bond acceptors (Lipinski definition) is 5. The molecule has 2 fully saturated rings. The molecule has 4 aliphatic heterocycles. The number of ether oxygens (including phenoxy) is 1. The van der Waals surface area contributed by atoms with Crippen LogP contribution in [0.1, 0.15) is 38.7 Å². The van der Waals surface area contributed by atoms with Crippen molar-refractivity contribution in [3.63, 3.8) is 0 Å². The highest BCUT2D eigenvalue weighted by atomic mass is 16.5. The highest BCUT2D eigenvalue weighted by Crippen LogP contribution is 2.54. The Labute approximate surface area is 224 Å². The van der Waals surface area contributed by atoms with Crippen molar-refractivity contribution in [3.05, 3.63) is 60.2 Å². The summed E-state index contributed by atoms with van der Waals surface area (Å²) in [4.78, 5) is 47.7. The number of aliphatic hydroxyl groups excluding tert-OH is 1. The molecule has 0 aromatic heterocycles. The zero-order chi connectivity index (χ0) is 26.9. The van der Waals surface area contributed by atoms with E-state index >= 15 is 0 Å². The van der Waals surface area contributed by atoms with E-state index in [1.54, 1.807) is 14.7 Å². The van der Waals surface area contributed by atoms with Crippen LogP contribution in [0.3, 0.4) is 0 Å². The Morgan fingerprint density at radius 2 is 1.71 bits per heavy atom. The van der Waals surface area contributed by atoms with E-state index in [9.17, 15) is 19.5 Å². The Morgan fingerprint density at radius 1 is 0.974 bits per heavy atom. The van der Waals surface area contributed by atoms with Gasteiger partial charge in [0.2, 0.25) is 17.7 Å². The monoisotopic (exact) mass is 521 g/mol. The van der Waals surface area contributed by atoms with E-state index < -0.39 is 35.6 Å². The van der Waals surface area contributed by atoms with Gasteiger partial charge >= 0.3 is 0 Å². The molecule has 1 aromatic rings.